The minimum absolute atomic E-state index is 0.0152. The fraction of sp³-hybridized carbons (Fsp3) is 0.188. The predicted molar refractivity (Wildman–Crippen MR) is 81.4 cm³/mol. The van der Waals surface area contributed by atoms with Gasteiger partial charge in [0.25, 0.3) is 0 Å². The molecular formula is C16H12IN. The number of benzene rings is 2. The molecule has 0 spiro atoms. The third-order valence-corrected chi connectivity index (χ3v) is 4.68. The van der Waals surface area contributed by atoms with E-state index in [0.29, 0.717) is 0 Å². The molecule has 2 aromatic rings. The Kier molecular flexibility index (Phi) is 2.49. The Morgan fingerprint density at radius 2 is 1.89 bits per heavy atom. The lowest BCUT2D eigenvalue weighted by Crippen LogP contribution is -2.15. The normalized spacial score (nSPS) is 14.8. The highest BCUT2D eigenvalue weighted by molar-refractivity contribution is 14.1. The third-order valence-electron chi connectivity index (χ3n) is 3.78. The summed E-state index contributed by atoms with van der Waals surface area (Å²) in [6.45, 7) is 4.46. The van der Waals surface area contributed by atoms with Gasteiger partial charge in [0.1, 0.15) is 0 Å². The molecule has 0 N–H and O–H groups in total. The van der Waals surface area contributed by atoms with E-state index in [4.69, 9.17) is 5.26 Å². The van der Waals surface area contributed by atoms with Crippen molar-refractivity contribution < 1.29 is 0 Å². The number of fused-ring (bicyclic) bond motifs is 3. The Balaban J connectivity index is 2.40. The number of nitriles is 1. The first kappa shape index (κ1) is 11.7. The first-order chi connectivity index (χ1) is 8.55. The highest BCUT2D eigenvalue weighted by Gasteiger charge is 2.36. The summed E-state index contributed by atoms with van der Waals surface area (Å²) in [5.74, 6) is 0. The van der Waals surface area contributed by atoms with E-state index < -0.39 is 0 Å². The molecule has 0 aromatic heterocycles. The summed E-state index contributed by atoms with van der Waals surface area (Å²) in [7, 11) is 0. The van der Waals surface area contributed by atoms with Crippen molar-refractivity contribution in [2.75, 3.05) is 0 Å². The standard InChI is InChI=1S/C16H12IN/c1-16(2)12-4-3-5-14(17)15(12)11-7-6-10(9-18)8-13(11)16/h3-8H,1-2H3. The Bertz CT molecular complexity index is 693. The van der Waals surface area contributed by atoms with Crippen LogP contribution < -0.4 is 0 Å². The van der Waals surface area contributed by atoms with E-state index in [0.717, 1.165) is 5.56 Å². The van der Waals surface area contributed by atoms with Gasteiger partial charge >= 0.3 is 0 Å². The Morgan fingerprint density at radius 3 is 2.61 bits per heavy atom. The van der Waals surface area contributed by atoms with E-state index in [1.807, 2.05) is 12.1 Å². The van der Waals surface area contributed by atoms with E-state index in [2.05, 4.69) is 66.8 Å². The van der Waals surface area contributed by atoms with Crippen LogP contribution in [0.3, 0.4) is 0 Å². The van der Waals surface area contributed by atoms with E-state index in [9.17, 15) is 0 Å². The molecular weight excluding hydrogens is 333 g/mol. The van der Waals surface area contributed by atoms with Crippen LogP contribution in [0.4, 0.5) is 0 Å². The number of rotatable bonds is 0. The van der Waals surface area contributed by atoms with Crippen molar-refractivity contribution in [2.24, 2.45) is 0 Å². The smallest absolute Gasteiger partial charge is 0.0991 e. The van der Waals surface area contributed by atoms with Crippen LogP contribution in [-0.4, -0.2) is 0 Å². The second kappa shape index (κ2) is 3.83. The predicted octanol–water partition coefficient (Wildman–Crippen LogP) is 4.47. The van der Waals surface area contributed by atoms with E-state index in [1.165, 1.54) is 25.8 Å². The molecule has 0 amide bonds. The van der Waals surface area contributed by atoms with Gasteiger partial charge in [0.05, 0.1) is 11.6 Å². The van der Waals surface area contributed by atoms with E-state index in [-0.39, 0.29) is 5.41 Å². The molecule has 0 aliphatic heterocycles. The first-order valence-electron chi connectivity index (χ1n) is 5.89. The number of nitrogens with zero attached hydrogens (tertiary/aromatic N) is 1. The fourth-order valence-corrected chi connectivity index (χ4v) is 3.60. The molecule has 2 heteroatoms. The van der Waals surface area contributed by atoms with Crippen molar-refractivity contribution in [3.63, 3.8) is 0 Å². The van der Waals surface area contributed by atoms with Crippen molar-refractivity contribution in [1.82, 2.24) is 0 Å². The van der Waals surface area contributed by atoms with Gasteiger partial charge < -0.3 is 0 Å². The molecule has 0 atom stereocenters. The van der Waals surface area contributed by atoms with Crippen LogP contribution >= 0.6 is 22.6 Å². The van der Waals surface area contributed by atoms with Gasteiger partial charge in [-0.05, 0) is 63.0 Å². The molecule has 1 aliphatic carbocycles. The van der Waals surface area contributed by atoms with Crippen LogP contribution in [-0.2, 0) is 5.41 Å². The zero-order valence-corrected chi connectivity index (χ0v) is 12.4. The van der Waals surface area contributed by atoms with Crippen molar-refractivity contribution >= 4 is 22.6 Å². The molecule has 0 saturated carbocycles. The molecule has 1 nitrogen and oxygen atoms in total. The molecule has 1 aliphatic rings. The summed E-state index contributed by atoms with van der Waals surface area (Å²) >= 11 is 2.39. The minimum Gasteiger partial charge on any atom is -0.192 e. The maximum atomic E-state index is 9.06. The summed E-state index contributed by atoms with van der Waals surface area (Å²) in [5.41, 5.74) is 5.96. The summed E-state index contributed by atoms with van der Waals surface area (Å²) < 4.78 is 1.28. The molecule has 0 saturated heterocycles. The summed E-state index contributed by atoms with van der Waals surface area (Å²) in [5, 5.41) is 9.06. The Morgan fingerprint density at radius 1 is 1.11 bits per heavy atom. The van der Waals surface area contributed by atoms with Gasteiger partial charge in [0.15, 0.2) is 0 Å². The van der Waals surface area contributed by atoms with E-state index >= 15 is 0 Å². The highest BCUT2D eigenvalue weighted by Crippen LogP contribution is 2.50. The average molecular weight is 345 g/mol. The summed E-state index contributed by atoms with van der Waals surface area (Å²) in [6.07, 6.45) is 0. The zero-order chi connectivity index (χ0) is 12.9. The molecule has 0 radical (unpaired) electrons. The van der Waals surface area contributed by atoms with Crippen LogP contribution in [0.15, 0.2) is 36.4 Å². The quantitative estimate of drug-likeness (QED) is 0.647. The van der Waals surface area contributed by atoms with Gasteiger partial charge in [-0.2, -0.15) is 5.26 Å². The van der Waals surface area contributed by atoms with Gasteiger partial charge in [0.2, 0.25) is 0 Å². The van der Waals surface area contributed by atoms with Crippen LogP contribution in [0.25, 0.3) is 11.1 Å². The van der Waals surface area contributed by atoms with Crippen molar-refractivity contribution in [3.8, 4) is 17.2 Å². The van der Waals surface area contributed by atoms with Crippen molar-refractivity contribution in [1.29, 1.82) is 5.26 Å². The van der Waals surface area contributed by atoms with Crippen LogP contribution in [0.2, 0.25) is 0 Å². The molecule has 2 aromatic carbocycles. The highest BCUT2D eigenvalue weighted by atomic mass is 127. The molecule has 0 unspecified atom stereocenters. The molecule has 88 valence electrons. The molecule has 0 bridgehead atoms. The van der Waals surface area contributed by atoms with Gasteiger partial charge in [-0.15, -0.1) is 0 Å². The number of hydrogen-bond acceptors (Lipinski definition) is 1. The maximum Gasteiger partial charge on any atom is 0.0991 e. The molecule has 3 rings (SSSR count). The third kappa shape index (κ3) is 1.44. The van der Waals surface area contributed by atoms with Crippen molar-refractivity contribution in [3.05, 3.63) is 56.7 Å². The summed E-state index contributed by atoms with van der Waals surface area (Å²) in [4.78, 5) is 0. The number of hydrogen-bond donors (Lipinski definition) is 0. The monoisotopic (exact) mass is 345 g/mol. The molecule has 18 heavy (non-hydrogen) atoms. The van der Waals surface area contributed by atoms with Crippen molar-refractivity contribution in [2.45, 2.75) is 19.3 Å². The SMILES string of the molecule is CC1(C)c2cc(C#N)ccc2-c2c(I)cccc21. The second-order valence-corrected chi connectivity index (χ2v) is 6.32. The average Bonchev–Trinajstić information content (AvgIpc) is 2.59. The van der Waals surface area contributed by atoms with Crippen LogP contribution in [0.1, 0.15) is 30.5 Å². The lowest BCUT2D eigenvalue weighted by atomic mass is 9.82. The largest absolute Gasteiger partial charge is 0.192 e. The van der Waals surface area contributed by atoms with E-state index in [1.54, 1.807) is 0 Å². The molecule has 0 heterocycles. The minimum atomic E-state index is -0.0152. The fourth-order valence-electron chi connectivity index (χ4n) is 2.81. The topological polar surface area (TPSA) is 23.8 Å². The Labute approximate surface area is 121 Å². The lowest BCUT2D eigenvalue weighted by Gasteiger charge is -2.21. The number of halogens is 1. The van der Waals surface area contributed by atoms with Crippen LogP contribution in [0.5, 0.6) is 0 Å². The summed E-state index contributed by atoms with van der Waals surface area (Å²) in [6, 6.07) is 14.7. The molecule has 0 fully saturated rings. The van der Waals surface area contributed by atoms with Crippen LogP contribution in [0, 0.1) is 14.9 Å². The van der Waals surface area contributed by atoms with Gasteiger partial charge in [-0.3, -0.25) is 0 Å². The van der Waals surface area contributed by atoms with Gasteiger partial charge in [-0.1, -0.05) is 32.0 Å². The van der Waals surface area contributed by atoms with Gasteiger partial charge in [-0.25, -0.2) is 0 Å². The van der Waals surface area contributed by atoms with Gasteiger partial charge in [0, 0.05) is 8.99 Å². The first-order valence-corrected chi connectivity index (χ1v) is 6.97. The zero-order valence-electron chi connectivity index (χ0n) is 10.3. The lowest BCUT2D eigenvalue weighted by molar-refractivity contribution is 0.660. The second-order valence-electron chi connectivity index (χ2n) is 5.16. The maximum absolute atomic E-state index is 9.06. The Hall–Kier alpha value is -1.34.